The molecule has 2 atom stereocenters. The quantitative estimate of drug-likeness (QED) is 0.884. The van der Waals surface area contributed by atoms with Crippen LogP contribution in [0.1, 0.15) is 32.6 Å². The summed E-state index contributed by atoms with van der Waals surface area (Å²) in [4.78, 5) is 0. The lowest BCUT2D eigenvalue weighted by Gasteiger charge is -2.40. The lowest BCUT2D eigenvalue weighted by molar-refractivity contribution is 0.0283. The number of nitrogens with one attached hydrogen (secondary N) is 1. The van der Waals surface area contributed by atoms with Crippen LogP contribution in [0.15, 0.2) is 24.3 Å². The van der Waals surface area contributed by atoms with Gasteiger partial charge in [-0.05, 0) is 43.9 Å². The van der Waals surface area contributed by atoms with Crippen molar-refractivity contribution >= 4 is 0 Å². The summed E-state index contributed by atoms with van der Waals surface area (Å²) >= 11 is 0. The molecule has 0 aromatic heterocycles. The van der Waals surface area contributed by atoms with Crippen molar-refractivity contribution in [1.29, 1.82) is 0 Å². The summed E-state index contributed by atoms with van der Waals surface area (Å²) in [5, 5.41) is 3.67. The van der Waals surface area contributed by atoms with Crippen LogP contribution in [0.5, 0.6) is 11.5 Å². The second-order valence-corrected chi connectivity index (χ2v) is 5.58. The van der Waals surface area contributed by atoms with Gasteiger partial charge in [0, 0.05) is 0 Å². The smallest absolute Gasteiger partial charge is 0.161 e. The van der Waals surface area contributed by atoms with E-state index in [1.165, 1.54) is 19.3 Å². The average Bonchev–Trinajstić information content (AvgIpc) is 2.40. The van der Waals surface area contributed by atoms with Crippen molar-refractivity contribution in [3.63, 3.8) is 0 Å². The van der Waals surface area contributed by atoms with Crippen LogP contribution in [-0.2, 0) is 0 Å². The third-order valence-corrected chi connectivity index (χ3v) is 4.22. The molecule has 0 amide bonds. The van der Waals surface area contributed by atoms with Crippen LogP contribution < -0.4 is 14.8 Å². The first-order valence-electron chi connectivity index (χ1n) is 7.50. The molecule has 2 unspecified atom stereocenters. The molecule has 3 heteroatoms. The molecular weight excluding hydrogens is 238 g/mol. The minimum atomic E-state index is 0.145. The lowest BCUT2D eigenvalue weighted by atomic mass is 9.77. The van der Waals surface area contributed by atoms with Gasteiger partial charge in [-0.15, -0.1) is 0 Å². The third kappa shape index (κ3) is 2.71. The number of ether oxygens (including phenoxy) is 2. The van der Waals surface area contributed by atoms with Crippen LogP contribution >= 0.6 is 0 Å². The molecule has 1 heterocycles. The van der Waals surface area contributed by atoms with Gasteiger partial charge in [-0.3, -0.25) is 0 Å². The van der Waals surface area contributed by atoms with Gasteiger partial charge in [-0.25, -0.2) is 0 Å². The van der Waals surface area contributed by atoms with Crippen molar-refractivity contribution in [2.24, 2.45) is 5.92 Å². The summed E-state index contributed by atoms with van der Waals surface area (Å²) in [7, 11) is 0. The number of hydrogen-bond acceptors (Lipinski definition) is 3. The summed E-state index contributed by atoms with van der Waals surface area (Å²) in [6, 6.07) is 8.40. The lowest BCUT2D eigenvalue weighted by Crippen LogP contribution is -2.53. The zero-order chi connectivity index (χ0) is 13.1. The maximum absolute atomic E-state index is 6.16. The first-order chi connectivity index (χ1) is 9.38. The molecule has 3 rings (SSSR count). The Morgan fingerprint density at radius 2 is 2.05 bits per heavy atom. The van der Waals surface area contributed by atoms with Crippen molar-refractivity contribution in [2.75, 3.05) is 13.2 Å². The van der Waals surface area contributed by atoms with Gasteiger partial charge in [-0.2, -0.15) is 0 Å². The van der Waals surface area contributed by atoms with Crippen LogP contribution in [0, 0.1) is 5.92 Å². The number of hydrogen-bond donors (Lipinski definition) is 1. The predicted octanol–water partition coefficient (Wildman–Crippen LogP) is 2.99. The number of fused-ring (bicyclic) bond motifs is 1. The van der Waals surface area contributed by atoms with Gasteiger partial charge in [0.15, 0.2) is 11.5 Å². The van der Waals surface area contributed by atoms with E-state index < -0.39 is 0 Å². The molecule has 1 saturated carbocycles. The van der Waals surface area contributed by atoms with Gasteiger partial charge < -0.3 is 14.8 Å². The van der Waals surface area contributed by atoms with Crippen molar-refractivity contribution in [3.05, 3.63) is 24.3 Å². The van der Waals surface area contributed by atoms with Crippen LogP contribution in [0.4, 0.5) is 0 Å². The van der Waals surface area contributed by atoms with E-state index in [-0.39, 0.29) is 6.10 Å². The second kappa shape index (κ2) is 5.83. The molecule has 1 N–H and O–H groups in total. The Kier molecular flexibility index (Phi) is 3.92. The fourth-order valence-electron chi connectivity index (χ4n) is 2.92. The van der Waals surface area contributed by atoms with E-state index in [0.717, 1.165) is 30.4 Å². The van der Waals surface area contributed by atoms with Crippen LogP contribution in [-0.4, -0.2) is 25.3 Å². The van der Waals surface area contributed by atoms with Gasteiger partial charge in [0.25, 0.3) is 0 Å². The highest BCUT2D eigenvalue weighted by atomic mass is 16.6. The van der Waals surface area contributed by atoms with E-state index >= 15 is 0 Å². The first-order valence-corrected chi connectivity index (χ1v) is 7.50. The Morgan fingerprint density at radius 1 is 1.26 bits per heavy atom. The predicted molar refractivity (Wildman–Crippen MR) is 75.8 cm³/mol. The van der Waals surface area contributed by atoms with E-state index in [2.05, 4.69) is 12.2 Å². The molecule has 2 aliphatic rings. The molecule has 1 aliphatic carbocycles. The molecule has 1 aliphatic heterocycles. The highest BCUT2D eigenvalue weighted by molar-refractivity contribution is 5.40. The molecule has 1 aromatic carbocycles. The molecule has 0 radical (unpaired) electrons. The third-order valence-electron chi connectivity index (χ3n) is 4.22. The minimum Gasteiger partial charge on any atom is -0.486 e. The Bertz CT molecular complexity index is 417. The van der Waals surface area contributed by atoms with E-state index in [1.54, 1.807) is 0 Å². The Hall–Kier alpha value is -1.22. The number of para-hydroxylation sites is 2. The van der Waals surface area contributed by atoms with Crippen molar-refractivity contribution < 1.29 is 9.47 Å². The molecule has 3 nitrogen and oxygen atoms in total. The normalized spacial score (nSPS) is 23.7. The second-order valence-electron chi connectivity index (χ2n) is 5.58. The molecule has 19 heavy (non-hydrogen) atoms. The Labute approximate surface area is 115 Å². The zero-order valence-electron chi connectivity index (χ0n) is 11.6. The van der Waals surface area contributed by atoms with Crippen LogP contribution in [0.25, 0.3) is 0 Å². The summed E-state index contributed by atoms with van der Waals surface area (Å²) in [5.41, 5.74) is 0. The van der Waals surface area contributed by atoms with E-state index in [1.807, 2.05) is 24.3 Å². The van der Waals surface area contributed by atoms with Gasteiger partial charge in [0.05, 0.1) is 6.04 Å². The average molecular weight is 261 g/mol. The monoisotopic (exact) mass is 261 g/mol. The van der Waals surface area contributed by atoms with E-state index in [0.29, 0.717) is 12.6 Å². The number of rotatable bonds is 5. The van der Waals surface area contributed by atoms with Crippen molar-refractivity contribution in [1.82, 2.24) is 5.32 Å². The van der Waals surface area contributed by atoms with Crippen molar-refractivity contribution in [3.8, 4) is 11.5 Å². The maximum Gasteiger partial charge on any atom is 0.161 e. The molecule has 0 saturated heterocycles. The van der Waals surface area contributed by atoms with E-state index in [9.17, 15) is 0 Å². The molecule has 1 aromatic rings. The zero-order valence-corrected chi connectivity index (χ0v) is 11.6. The largest absolute Gasteiger partial charge is 0.486 e. The van der Waals surface area contributed by atoms with Gasteiger partial charge in [0.1, 0.15) is 12.7 Å². The summed E-state index contributed by atoms with van der Waals surface area (Å²) in [6.07, 6.45) is 5.31. The molecule has 1 fully saturated rings. The fourth-order valence-corrected chi connectivity index (χ4v) is 2.92. The Balaban J connectivity index is 1.69. The van der Waals surface area contributed by atoms with E-state index in [4.69, 9.17) is 9.47 Å². The van der Waals surface area contributed by atoms with Gasteiger partial charge >= 0.3 is 0 Å². The SMILES string of the molecule is CCCNC(C1CCC1)C1COc2ccccc2O1. The highest BCUT2D eigenvalue weighted by Gasteiger charge is 2.36. The molecular formula is C16H23NO2. The van der Waals surface area contributed by atoms with Gasteiger partial charge in [0.2, 0.25) is 0 Å². The summed E-state index contributed by atoms with van der Waals surface area (Å²) in [6.45, 7) is 3.93. The van der Waals surface area contributed by atoms with Crippen LogP contribution in [0.3, 0.4) is 0 Å². The molecule has 104 valence electrons. The summed E-state index contributed by atoms with van der Waals surface area (Å²) in [5.74, 6) is 2.52. The maximum atomic E-state index is 6.16. The van der Waals surface area contributed by atoms with Crippen molar-refractivity contribution in [2.45, 2.75) is 44.8 Å². The fraction of sp³-hybridized carbons (Fsp3) is 0.625. The topological polar surface area (TPSA) is 30.5 Å². The van der Waals surface area contributed by atoms with Crippen LogP contribution in [0.2, 0.25) is 0 Å². The highest BCUT2D eigenvalue weighted by Crippen LogP contribution is 2.36. The molecule has 0 bridgehead atoms. The molecule has 0 spiro atoms. The minimum absolute atomic E-state index is 0.145. The van der Waals surface area contributed by atoms with Gasteiger partial charge in [-0.1, -0.05) is 25.5 Å². The summed E-state index contributed by atoms with van der Waals surface area (Å²) < 4.78 is 12.0. The standard InChI is InChI=1S/C16H23NO2/c1-2-10-17-16(12-6-5-7-12)15-11-18-13-8-3-4-9-14(13)19-15/h3-4,8-9,12,15-17H,2,5-7,10-11H2,1H3. The Morgan fingerprint density at radius 3 is 2.74 bits per heavy atom. The number of benzene rings is 1. The first kappa shape index (κ1) is 12.8.